The molecule has 3 aromatic heterocycles. The van der Waals surface area contributed by atoms with Gasteiger partial charge in [0.25, 0.3) is 5.91 Å². The van der Waals surface area contributed by atoms with Crippen LogP contribution < -0.4 is 10.1 Å². The minimum atomic E-state index is -0.296. The molecule has 0 aliphatic carbocycles. The molecule has 1 amide bonds. The average Bonchev–Trinajstić information content (AvgIpc) is 3.19. The number of likely N-dealkylation sites (N-methyl/N-ethyl adjacent to an activating group) is 1. The van der Waals surface area contributed by atoms with Crippen molar-refractivity contribution in [3.63, 3.8) is 0 Å². The number of nitrogens with one attached hydrogen (secondary N) is 1. The summed E-state index contributed by atoms with van der Waals surface area (Å²) in [4.78, 5) is 19.1. The van der Waals surface area contributed by atoms with E-state index in [0.29, 0.717) is 17.3 Å². The summed E-state index contributed by atoms with van der Waals surface area (Å²) >= 11 is 0. The predicted octanol–water partition coefficient (Wildman–Crippen LogP) is 2.37. The number of amides is 1. The molecule has 4 aromatic rings. The number of pyridine rings is 1. The number of hydrogen-bond acceptors (Lipinski definition) is 7. The molecule has 1 N–H and O–H groups in total. The van der Waals surface area contributed by atoms with Crippen molar-refractivity contribution >= 4 is 22.6 Å². The Morgan fingerprint density at radius 2 is 1.97 bits per heavy atom. The summed E-state index contributed by atoms with van der Waals surface area (Å²) in [6.07, 6.45) is 5.43. The second-order valence-corrected chi connectivity index (χ2v) is 7.70. The van der Waals surface area contributed by atoms with Crippen molar-refractivity contribution in [1.29, 1.82) is 0 Å². The fourth-order valence-corrected chi connectivity index (χ4v) is 3.55. The molecule has 9 nitrogen and oxygen atoms in total. The number of likely N-dealkylation sites (tertiary alicyclic amines) is 1. The van der Waals surface area contributed by atoms with Crippen LogP contribution in [0.1, 0.15) is 10.4 Å². The smallest absolute Gasteiger partial charge is 0.257 e. The lowest BCUT2D eigenvalue weighted by molar-refractivity contribution is 0.0355. The molecular formula is C22H21N7O2. The Hall–Kier alpha value is -3.85. The molecule has 1 saturated heterocycles. The molecule has 0 saturated carbocycles. The Kier molecular flexibility index (Phi) is 4.79. The van der Waals surface area contributed by atoms with E-state index in [-0.39, 0.29) is 12.0 Å². The number of aromatic nitrogens is 5. The number of rotatable bonds is 5. The molecule has 0 radical (unpaired) electrons. The second-order valence-electron chi connectivity index (χ2n) is 7.70. The largest absolute Gasteiger partial charge is 0.472 e. The maximum Gasteiger partial charge on any atom is 0.257 e. The zero-order chi connectivity index (χ0) is 21.4. The van der Waals surface area contributed by atoms with Gasteiger partial charge in [-0.25, -0.2) is 4.98 Å². The van der Waals surface area contributed by atoms with Gasteiger partial charge in [0.05, 0.1) is 11.7 Å². The van der Waals surface area contributed by atoms with E-state index in [1.165, 1.54) is 0 Å². The number of anilines is 1. The quantitative estimate of drug-likeness (QED) is 0.534. The highest BCUT2D eigenvalue weighted by Gasteiger charge is 2.25. The van der Waals surface area contributed by atoms with Crippen LogP contribution in [0.15, 0.2) is 55.0 Å². The number of carbonyl (C=O) groups is 1. The first kappa shape index (κ1) is 19.1. The van der Waals surface area contributed by atoms with Gasteiger partial charge in [-0.05, 0) is 36.9 Å². The van der Waals surface area contributed by atoms with Crippen LogP contribution in [0.3, 0.4) is 0 Å². The Morgan fingerprint density at radius 3 is 2.74 bits per heavy atom. The van der Waals surface area contributed by atoms with E-state index in [2.05, 4.69) is 30.5 Å². The topological polar surface area (TPSA) is 98.1 Å². The number of carbonyl (C=O) groups excluding carboxylic acids is 1. The van der Waals surface area contributed by atoms with E-state index in [1.54, 1.807) is 23.0 Å². The minimum absolute atomic E-state index is 0.108. The molecular weight excluding hydrogens is 394 g/mol. The molecule has 31 heavy (non-hydrogen) atoms. The van der Waals surface area contributed by atoms with Crippen molar-refractivity contribution in [2.45, 2.75) is 6.10 Å². The molecule has 1 fully saturated rings. The third-order valence-corrected chi connectivity index (χ3v) is 5.18. The Labute approximate surface area is 178 Å². The van der Waals surface area contributed by atoms with E-state index < -0.39 is 0 Å². The first-order valence-corrected chi connectivity index (χ1v) is 9.92. The van der Waals surface area contributed by atoms with E-state index >= 15 is 0 Å². The van der Waals surface area contributed by atoms with Crippen LogP contribution >= 0.6 is 0 Å². The number of aryl methyl sites for hydroxylation is 1. The van der Waals surface area contributed by atoms with Crippen molar-refractivity contribution in [3.05, 3.63) is 60.6 Å². The third kappa shape index (κ3) is 4.08. The number of nitrogens with zero attached hydrogens (tertiary/aromatic N) is 6. The van der Waals surface area contributed by atoms with E-state index in [9.17, 15) is 4.79 Å². The Bertz CT molecular complexity index is 1260. The lowest BCUT2D eigenvalue weighted by atomic mass is 10.1. The molecule has 0 spiro atoms. The molecule has 5 rings (SSSR count). The van der Waals surface area contributed by atoms with Gasteiger partial charge in [0.15, 0.2) is 5.82 Å². The summed E-state index contributed by atoms with van der Waals surface area (Å²) in [6.45, 7) is 1.71. The van der Waals surface area contributed by atoms with Crippen molar-refractivity contribution in [2.24, 2.45) is 7.05 Å². The molecule has 0 atom stereocenters. The normalized spacial score (nSPS) is 14.4. The van der Waals surface area contributed by atoms with Crippen molar-refractivity contribution in [2.75, 3.05) is 25.5 Å². The van der Waals surface area contributed by atoms with Crippen LogP contribution in [0.25, 0.3) is 22.0 Å². The molecule has 1 aliphatic heterocycles. The summed E-state index contributed by atoms with van der Waals surface area (Å²) in [5, 5.41) is 16.3. The van der Waals surface area contributed by atoms with Crippen LogP contribution in [-0.4, -0.2) is 62.0 Å². The highest BCUT2D eigenvalue weighted by molar-refractivity contribution is 6.04. The standard InChI is InChI=1S/C22H21N7O2/c1-28-12-18(13-28)31-21-9-15(5-6-23-21)22(30)25-20-8-16-7-14(3-4-19(16)26-27-20)17-10-24-29(2)11-17/h3-11,18H,12-13H2,1-2H3,(H,25,27,30). The van der Waals surface area contributed by atoms with Gasteiger partial charge in [-0.1, -0.05) is 6.07 Å². The van der Waals surface area contributed by atoms with Crippen LogP contribution in [0.4, 0.5) is 5.82 Å². The average molecular weight is 415 g/mol. The SMILES string of the molecule is CN1CC(Oc2cc(C(=O)Nc3cc4cc(-c5cnn(C)c5)ccc4nn3)ccn2)C1. The number of ether oxygens (including phenoxy) is 1. The van der Waals surface area contributed by atoms with Crippen molar-refractivity contribution in [3.8, 4) is 17.0 Å². The van der Waals surface area contributed by atoms with Crippen LogP contribution in [-0.2, 0) is 7.05 Å². The zero-order valence-electron chi connectivity index (χ0n) is 17.2. The summed E-state index contributed by atoms with van der Waals surface area (Å²) < 4.78 is 7.56. The lowest BCUT2D eigenvalue weighted by Crippen LogP contribution is -2.51. The fourth-order valence-electron chi connectivity index (χ4n) is 3.55. The van der Waals surface area contributed by atoms with Gasteiger partial charge in [-0.15, -0.1) is 10.2 Å². The van der Waals surface area contributed by atoms with E-state index in [4.69, 9.17) is 4.74 Å². The lowest BCUT2D eigenvalue weighted by Gasteiger charge is -2.35. The van der Waals surface area contributed by atoms with Gasteiger partial charge >= 0.3 is 0 Å². The first-order valence-electron chi connectivity index (χ1n) is 9.92. The van der Waals surface area contributed by atoms with Crippen LogP contribution in [0.2, 0.25) is 0 Å². The molecule has 9 heteroatoms. The Morgan fingerprint density at radius 1 is 1.10 bits per heavy atom. The second kappa shape index (κ2) is 7.77. The third-order valence-electron chi connectivity index (χ3n) is 5.18. The molecule has 1 aliphatic rings. The van der Waals surface area contributed by atoms with Gasteiger partial charge in [-0.2, -0.15) is 5.10 Å². The number of fused-ring (bicyclic) bond motifs is 1. The predicted molar refractivity (Wildman–Crippen MR) is 116 cm³/mol. The maximum atomic E-state index is 12.7. The molecule has 0 unspecified atom stereocenters. The zero-order valence-corrected chi connectivity index (χ0v) is 17.2. The summed E-state index contributed by atoms with van der Waals surface area (Å²) in [5.74, 6) is 0.521. The summed E-state index contributed by atoms with van der Waals surface area (Å²) in [7, 11) is 3.91. The van der Waals surface area contributed by atoms with Gasteiger partial charge in [-0.3, -0.25) is 14.4 Å². The fraction of sp³-hybridized carbons (Fsp3) is 0.227. The highest BCUT2D eigenvalue weighted by Crippen LogP contribution is 2.24. The maximum absolute atomic E-state index is 12.7. The molecule has 4 heterocycles. The monoisotopic (exact) mass is 415 g/mol. The number of hydrogen-bond donors (Lipinski definition) is 1. The summed E-state index contributed by atoms with van der Waals surface area (Å²) in [6, 6.07) is 11.0. The van der Waals surface area contributed by atoms with Gasteiger partial charge < -0.3 is 10.1 Å². The minimum Gasteiger partial charge on any atom is -0.472 e. The van der Waals surface area contributed by atoms with Crippen LogP contribution in [0, 0.1) is 0 Å². The molecule has 1 aromatic carbocycles. The molecule has 0 bridgehead atoms. The van der Waals surface area contributed by atoms with Gasteiger partial charge in [0.1, 0.15) is 6.10 Å². The molecule has 156 valence electrons. The van der Waals surface area contributed by atoms with Crippen molar-refractivity contribution < 1.29 is 9.53 Å². The highest BCUT2D eigenvalue weighted by atomic mass is 16.5. The Balaban J connectivity index is 1.34. The summed E-state index contributed by atoms with van der Waals surface area (Å²) in [5.41, 5.74) is 3.22. The van der Waals surface area contributed by atoms with Crippen molar-refractivity contribution in [1.82, 2.24) is 29.9 Å². The van der Waals surface area contributed by atoms with E-state index in [0.717, 1.165) is 35.1 Å². The van der Waals surface area contributed by atoms with Gasteiger partial charge in [0, 0.05) is 55.1 Å². The first-order chi connectivity index (χ1) is 15.0. The van der Waals surface area contributed by atoms with Gasteiger partial charge in [0.2, 0.25) is 5.88 Å². The number of benzene rings is 1. The van der Waals surface area contributed by atoms with Crippen LogP contribution in [0.5, 0.6) is 5.88 Å². The van der Waals surface area contributed by atoms with E-state index in [1.807, 2.05) is 50.8 Å².